The molecule has 1 rings (SSSR count). The number of aryl methyl sites for hydroxylation is 1. The summed E-state index contributed by atoms with van der Waals surface area (Å²) in [5, 5.41) is 0.915. The van der Waals surface area contributed by atoms with Gasteiger partial charge in [0.2, 0.25) is 0 Å². The van der Waals surface area contributed by atoms with Crippen molar-refractivity contribution in [3.63, 3.8) is 0 Å². The summed E-state index contributed by atoms with van der Waals surface area (Å²) in [6.07, 6.45) is 1.77. The number of pyridine rings is 1. The van der Waals surface area contributed by atoms with E-state index in [0.29, 0.717) is 0 Å². The second-order valence-corrected chi connectivity index (χ2v) is 8.56. The van der Waals surface area contributed by atoms with Gasteiger partial charge in [0.1, 0.15) is 7.14 Å². The molecular formula is C12H20NOP. The minimum atomic E-state index is -2.30. The van der Waals surface area contributed by atoms with Crippen LogP contribution < -0.4 is 5.30 Å². The van der Waals surface area contributed by atoms with Crippen LogP contribution in [0.25, 0.3) is 0 Å². The topological polar surface area (TPSA) is 30.0 Å². The predicted octanol–water partition coefficient (Wildman–Crippen LogP) is 3.20. The Morgan fingerprint density at radius 1 is 1.13 bits per heavy atom. The highest BCUT2D eigenvalue weighted by atomic mass is 31.2. The van der Waals surface area contributed by atoms with Crippen molar-refractivity contribution in [3.05, 3.63) is 24.0 Å². The second kappa shape index (κ2) is 4.49. The lowest BCUT2D eigenvalue weighted by atomic mass is 10.4. The smallest absolute Gasteiger partial charge is 0.121 e. The normalized spacial score (nSPS) is 12.5. The van der Waals surface area contributed by atoms with E-state index in [4.69, 9.17) is 0 Å². The molecule has 0 fully saturated rings. The largest absolute Gasteiger partial charge is 0.318 e. The van der Waals surface area contributed by atoms with Gasteiger partial charge in [0.15, 0.2) is 0 Å². The quantitative estimate of drug-likeness (QED) is 0.739. The summed E-state index contributed by atoms with van der Waals surface area (Å²) in [7, 11) is -2.30. The summed E-state index contributed by atoms with van der Waals surface area (Å²) in [6, 6.07) is 3.90. The molecule has 2 nitrogen and oxygen atoms in total. The molecule has 3 heteroatoms. The molecule has 1 heterocycles. The van der Waals surface area contributed by atoms with Crippen LogP contribution in [0.5, 0.6) is 0 Å². The van der Waals surface area contributed by atoms with Crippen molar-refractivity contribution in [2.45, 2.75) is 45.9 Å². The number of hydrogen-bond acceptors (Lipinski definition) is 2. The van der Waals surface area contributed by atoms with E-state index in [1.807, 2.05) is 46.8 Å². The van der Waals surface area contributed by atoms with Gasteiger partial charge in [-0.05, 0) is 19.1 Å². The lowest BCUT2D eigenvalue weighted by molar-refractivity contribution is 0.569. The molecule has 15 heavy (non-hydrogen) atoms. The first-order valence-corrected chi connectivity index (χ1v) is 7.26. The van der Waals surface area contributed by atoms with Gasteiger partial charge in [0, 0.05) is 28.5 Å². The van der Waals surface area contributed by atoms with Gasteiger partial charge in [0.05, 0.1) is 0 Å². The predicted molar refractivity (Wildman–Crippen MR) is 66.5 cm³/mol. The Morgan fingerprint density at radius 2 is 1.67 bits per heavy atom. The van der Waals surface area contributed by atoms with Crippen molar-refractivity contribution in [3.8, 4) is 0 Å². The molecule has 0 aliphatic carbocycles. The van der Waals surface area contributed by atoms with Crippen LogP contribution in [0.4, 0.5) is 0 Å². The monoisotopic (exact) mass is 225 g/mol. The zero-order chi connectivity index (χ0) is 11.6. The molecule has 0 saturated carbocycles. The van der Waals surface area contributed by atoms with Crippen molar-refractivity contribution in [1.82, 2.24) is 4.98 Å². The molecule has 0 N–H and O–H groups in total. The molecular weight excluding hydrogens is 205 g/mol. The summed E-state index contributed by atoms with van der Waals surface area (Å²) in [5.74, 6) is 0. The van der Waals surface area contributed by atoms with Crippen LogP contribution in [0.3, 0.4) is 0 Å². The van der Waals surface area contributed by atoms with Crippen molar-refractivity contribution in [2.75, 3.05) is 0 Å². The molecule has 1 aromatic heterocycles. The van der Waals surface area contributed by atoms with E-state index >= 15 is 0 Å². The molecule has 0 radical (unpaired) electrons. The minimum absolute atomic E-state index is 0.182. The van der Waals surface area contributed by atoms with E-state index in [-0.39, 0.29) is 11.3 Å². The highest BCUT2D eigenvalue weighted by molar-refractivity contribution is 7.72. The zero-order valence-electron chi connectivity index (χ0n) is 10.2. The standard InChI is InChI=1S/C12H20NOP/c1-9(2)15(14,10(3)4)12-7-6-11(5)13-8-12/h6-10H,1-5H3. The van der Waals surface area contributed by atoms with Gasteiger partial charge in [-0.3, -0.25) is 4.98 Å². The summed E-state index contributed by atoms with van der Waals surface area (Å²) >= 11 is 0. The van der Waals surface area contributed by atoms with Crippen LogP contribution in [0.15, 0.2) is 18.3 Å². The van der Waals surface area contributed by atoms with Gasteiger partial charge in [0.25, 0.3) is 0 Å². The zero-order valence-corrected chi connectivity index (χ0v) is 11.1. The van der Waals surface area contributed by atoms with Crippen LogP contribution in [-0.4, -0.2) is 16.3 Å². The first kappa shape index (κ1) is 12.4. The van der Waals surface area contributed by atoms with Crippen molar-refractivity contribution < 1.29 is 4.57 Å². The molecule has 0 amide bonds. The first-order valence-electron chi connectivity index (χ1n) is 5.41. The van der Waals surface area contributed by atoms with E-state index < -0.39 is 7.14 Å². The molecule has 0 aromatic carbocycles. The molecule has 0 unspecified atom stereocenters. The van der Waals surface area contributed by atoms with Crippen LogP contribution in [-0.2, 0) is 4.57 Å². The average Bonchev–Trinajstić information content (AvgIpc) is 2.17. The van der Waals surface area contributed by atoms with Crippen LogP contribution in [0.1, 0.15) is 33.4 Å². The van der Waals surface area contributed by atoms with Gasteiger partial charge in [-0.2, -0.15) is 0 Å². The molecule has 0 atom stereocenters. The Balaban J connectivity index is 3.22. The lowest BCUT2D eigenvalue weighted by Crippen LogP contribution is -2.20. The van der Waals surface area contributed by atoms with Gasteiger partial charge in [-0.25, -0.2) is 0 Å². The van der Waals surface area contributed by atoms with Crippen molar-refractivity contribution in [1.29, 1.82) is 0 Å². The maximum absolute atomic E-state index is 12.9. The van der Waals surface area contributed by atoms with E-state index in [2.05, 4.69) is 4.98 Å². The molecule has 1 aromatic rings. The Hall–Kier alpha value is -0.620. The molecule has 0 saturated heterocycles. The second-order valence-electron chi connectivity index (χ2n) is 4.55. The molecule has 0 spiro atoms. The maximum Gasteiger partial charge on any atom is 0.121 e. The Labute approximate surface area is 92.5 Å². The van der Waals surface area contributed by atoms with Gasteiger partial charge < -0.3 is 4.57 Å². The SMILES string of the molecule is Cc1ccc(P(=O)(C(C)C)C(C)C)cn1. The maximum atomic E-state index is 12.9. The van der Waals surface area contributed by atoms with Crippen molar-refractivity contribution in [2.24, 2.45) is 0 Å². The fraction of sp³-hybridized carbons (Fsp3) is 0.583. The van der Waals surface area contributed by atoms with E-state index in [1.165, 1.54) is 0 Å². The van der Waals surface area contributed by atoms with Crippen LogP contribution in [0.2, 0.25) is 0 Å². The number of hydrogen-bond donors (Lipinski definition) is 0. The van der Waals surface area contributed by atoms with Gasteiger partial charge in [-0.15, -0.1) is 0 Å². The van der Waals surface area contributed by atoms with Gasteiger partial charge >= 0.3 is 0 Å². The van der Waals surface area contributed by atoms with E-state index in [0.717, 1.165) is 11.0 Å². The fourth-order valence-corrected chi connectivity index (χ4v) is 4.79. The van der Waals surface area contributed by atoms with E-state index in [9.17, 15) is 4.57 Å². The Kier molecular flexibility index (Phi) is 3.72. The summed E-state index contributed by atoms with van der Waals surface area (Å²) in [5.41, 5.74) is 1.34. The van der Waals surface area contributed by atoms with Crippen molar-refractivity contribution >= 4 is 12.4 Å². The molecule has 84 valence electrons. The third-order valence-electron chi connectivity index (χ3n) is 2.83. The summed E-state index contributed by atoms with van der Waals surface area (Å²) < 4.78 is 12.9. The van der Waals surface area contributed by atoms with E-state index in [1.54, 1.807) is 6.20 Å². The minimum Gasteiger partial charge on any atom is -0.318 e. The Morgan fingerprint density at radius 3 is 2.00 bits per heavy atom. The molecule has 0 bridgehead atoms. The highest BCUT2D eigenvalue weighted by Gasteiger charge is 2.32. The molecule has 0 aliphatic rings. The van der Waals surface area contributed by atoms with Crippen LogP contribution in [0, 0.1) is 6.92 Å². The number of aromatic nitrogens is 1. The Bertz CT molecular complexity index is 356. The van der Waals surface area contributed by atoms with Crippen LogP contribution >= 0.6 is 7.14 Å². The molecule has 0 aliphatic heterocycles. The fourth-order valence-electron chi connectivity index (χ4n) is 1.86. The number of rotatable bonds is 3. The highest BCUT2D eigenvalue weighted by Crippen LogP contribution is 2.53. The van der Waals surface area contributed by atoms with Gasteiger partial charge in [-0.1, -0.05) is 27.7 Å². The summed E-state index contributed by atoms with van der Waals surface area (Å²) in [6.45, 7) is 10.1. The first-order chi connectivity index (χ1) is 6.89. The third kappa shape index (κ3) is 2.31. The summed E-state index contributed by atoms with van der Waals surface area (Å²) in [4.78, 5) is 4.24. The lowest BCUT2D eigenvalue weighted by Gasteiger charge is -2.26. The third-order valence-corrected chi connectivity index (χ3v) is 6.97. The average molecular weight is 225 g/mol. The number of nitrogens with zero attached hydrogens (tertiary/aromatic N) is 1.